The van der Waals surface area contributed by atoms with Crippen molar-refractivity contribution in [2.45, 2.75) is 6.42 Å². The van der Waals surface area contributed by atoms with Crippen LogP contribution in [0.2, 0.25) is 5.02 Å². The normalized spacial score (nSPS) is 17.3. The molecule has 0 aliphatic carbocycles. The largest absolute Gasteiger partial charge is 0.371 e. The van der Waals surface area contributed by atoms with Gasteiger partial charge in [0.1, 0.15) is 0 Å². The Hall–Kier alpha value is -1.52. The van der Waals surface area contributed by atoms with Crippen molar-refractivity contribution in [3.8, 4) is 0 Å². The second-order valence-electron chi connectivity index (χ2n) is 5.77. The quantitative estimate of drug-likeness (QED) is 0.837. The van der Waals surface area contributed by atoms with Gasteiger partial charge in [0.05, 0.1) is 10.6 Å². The predicted molar refractivity (Wildman–Crippen MR) is 98.2 cm³/mol. The van der Waals surface area contributed by atoms with Crippen molar-refractivity contribution in [2.24, 2.45) is 5.92 Å². The zero-order valence-electron chi connectivity index (χ0n) is 12.6. The standard InChI is InChI=1S/C18H18BrClN2O/c19-14-6-7-17(20)16(10-14)18(23)21-11-13-8-9-22(12-13)15-4-2-1-3-5-15/h1-7,10,13H,8-9,11-12H2,(H,21,23). The molecule has 3 rings (SSSR count). The van der Waals surface area contributed by atoms with E-state index >= 15 is 0 Å². The van der Waals surface area contributed by atoms with Crippen LogP contribution < -0.4 is 10.2 Å². The molecule has 120 valence electrons. The maximum Gasteiger partial charge on any atom is 0.252 e. The number of nitrogens with one attached hydrogen (secondary N) is 1. The zero-order chi connectivity index (χ0) is 16.2. The van der Waals surface area contributed by atoms with E-state index in [-0.39, 0.29) is 5.91 Å². The van der Waals surface area contributed by atoms with Gasteiger partial charge in [-0.3, -0.25) is 4.79 Å². The summed E-state index contributed by atoms with van der Waals surface area (Å²) in [5, 5.41) is 3.49. The average molecular weight is 394 g/mol. The van der Waals surface area contributed by atoms with Crippen molar-refractivity contribution in [1.29, 1.82) is 0 Å². The smallest absolute Gasteiger partial charge is 0.252 e. The van der Waals surface area contributed by atoms with Crippen LogP contribution in [0.15, 0.2) is 53.0 Å². The molecule has 1 heterocycles. The van der Waals surface area contributed by atoms with Gasteiger partial charge in [-0.1, -0.05) is 45.7 Å². The van der Waals surface area contributed by atoms with Crippen LogP contribution in [0.4, 0.5) is 5.69 Å². The number of halogens is 2. The molecular formula is C18H18BrClN2O. The Kier molecular flexibility index (Phi) is 5.23. The SMILES string of the molecule is O=C(NCC1CCN(c2ccccc2)C1)c1cc(Br)ccc1Cl. The molecule has 0 radical (unpaired) electrons. The maximum atomic E-state index is 12.3. The first-order valence-corrected chi connectivity index (χ1v) is 8.84. The molecule has 1 aliphatic heterocycles. The second-order valence-corrected chi connectivity index (χ2v) is 7.09. The molecule has 0 aromatic heterocycles. The first-order valence-electron chi connectivity index (χ1n) is 7.67. The minimum Gasteiger partial charge on any atom is -0.371 e. The number of para-hydroxylation sites is 1. The summed E-state index contributed by atoms with van der Waals surface area (Å²) in [4.78, 5) is 14.7. The topological polar surface area (TPSA) is 32.3 Å². The summed E-state index contributed by atoms with van der Waals surface area (Å²) >= 11 is 9.47. The lowest BCUT2D eigenvalue weighted by Gasteiger charge is -2.18. The van der Waals surface area contributed by atoms with Crippen LogP contribution in [0.1, 0.15) is 16.8 Å². The van der Waals surface area contributed by atoms with E-state index in [4.69, 9.17) is 11.6 Å². The minimum atomic E-state index is -0.116. The summed E-state index contributed by atoms with van der Waals surface area (Å²) in [6.45, 7) is 2.67. The number of carbonyl (C=O) groups excluding carboxylic acids is 1. The molecule has 3 nitrogen and oxygen atoms in total. The highest BCUT2D eigenvalue weighted by atomic mass is 79.9. The van der Waals surface area contributed by atoms with Gasteiger partial charge in [0, 0.05) is 29.8 Å². The molecule has 0 bridgehead atoms. The lowest BCUT2D eigenvalue weighted by Crippen LogP contribution is -2.31. The number of hydrogen-bond donors (Lipinski definition) is 1. The van der Waals surface area contributed by atoms with E-state index in [0.717, 1.165) is 24.0 Å². The number of amides is 1. The number of hydrogen-bond acceptors (Lipinski definition) is 2. The Morgan fingerprint density at radius 3 is 2.83 bits per heavy atom. The number of nitrogens with zero attached hydrogens (tertiary/aromatic N) is 1. The summed E-state index contributed by atoms with van der Waals surface area (Å²) in [6.07, 6.45) is 1.08. The van der Waals surface area contributed by atoms with Gasteiger partial charge in [0.25, 0.3) is 5.91 Å². The molecule has 1 saturated heterocycles. The molecule has 2 aromatic carbocycles. The van der Waals surface area contributed by atoms with Crippen molar-refractivity contribution in [1.82, 2.24) is 5.32 Å². The number of rotatable bonds is 4. The van der Waals surface area contributed by atoms with E-state index in [2.05, 4.69) is 50.4 Å². The molecule has 5 heteroatoms. The Balaban J connectivity index is 1.55. The fraction of sp³-hybridized carbons (Fsp3) is 0.278. The number of anilines is 1. The number of benzene rings is 2. The van der Waals surface area contributed by atoms with E-state index < -0.39 is 0 Å². The molecule has 0 saturated carbocycles. The van der Waals surface area contributed by atoms with Gasteiger partial charge >= 0.3 is 0 Å². The summed E-state index contributed by atoms with van der Waals surface area (Å²) in [7, 11) is 0. The van der Waals surface area contributed by atoms with Crippen LogP contribution >= 0.6 is 27.5 Å². The Bertz CT molecular complexity index is 693. The van der Waals surface area contributed by atoms with Crippen LogP contribution in [-0.4, -0.2) is 25.5 Å². The molecule has 1 aliphatic rings. The third-order valence-corrected chi connectivity index (χ3v) is 4.95. The van der Waals surface area contributed by atoms with E-state index in [1.807, 2.05) is 12.1 Å². The minimum absolute atomic E-state index is 0.116. The van der Waals surface area contributed by atoms with E-state index in [1.54, 1.807) is 12.1 Å². The molecule has 2 aromatic rings. The van der Waals surface area contributed by atoms with Gasteiger partial charge in [-0.2, -0.15) is 0 Å². The van der Waals surface area contributed by atoms with Crippen LogP contribution in [-0.2, 0) is 0 Å². The van der Waals surface area contributed by atoms with Crippen LogP contribution in [0.25, 0.3) is 0 Å². The van der Waals surface area contributed by atoms with Gasteiger partial charge in [0.15, 0.2) is 0 Å². The highest BCUT2D eigenvalue weighted by Gasteiger charge is 2.23. The third kappa shape index (κ3) is 4.06. The average Bonchev–Trinajstić information content (AvgIpc) is 3.05. The van der Waals surface area contributed by atoms with Crippen molar-refractivity contribution in [2.75, 3.05) is 24.5 Å². The summed E-state index contributed by atoms with van der Waals surface area (Å²) in [6, 6.07) is 15.7. The van der Waals surface area contributed by atoms with Crippen LogP contribution in [0.5, 0.6) is 0 Å². The first kappa shape index (κ1) is 16.3. The molecule has 1 N–H and O–H groups in total. The monoisotopic (exact) mass is 392 g/mol. The molecular weight excluding hydrogens is 376 g/mol. The summed E-state index contributed by atoms with van der Waals surface area (Å²) in [5.41, 5.74) is 1.76. The third-order valence-electron chi connectivity index (χ3n) is 4.13. The maximum absolute atomic E-state index is 12.3. The van der Waals surface area contributed by atoms with Gasteiger partial charge in [-0.25, -0.2) is 0 Å². The summed E-state index contributed by atoms with van der Waals surface area (Å²) < 4.78 is 0.850. The van der Waals surface area contributed by atoms with E-state index in [1.165, 1.54) is 5.69 Å². The fourth-order valence-corrected chi connectivity index (χ4v) is 3.44. The van der Waals surface area contributed by atoms with Crippen LogP contribution in [0.3, 0.4) is 0 Å². The molecule has 1 fully saturated rings. The molecule has 1 amide bonds. The van der Waals surface area contributed by atoms with Crippen molar-refractivity contribution in [3.05, 3.63) is 63.6 Å². The Morgan fingerprint density at radius 1 is 1.26 bits per heavy atom. The molecule has 23 heavy (non-hydrogen) atoms. The van der Waals surface area contributed by atoms with E-state index in [9.17, 15) is 4.79 Å². The van der Waals surface area contributed by atoms with E-state index in [0.29, 0.717) is 23.0 Å². The first-order chi connectivity index (χ1) is 11.1. The lowest BCUT2D eigenvalue weighted by molar-refractivity contribution is 0.0948. The van der Waals surface area contributed by atoms with Crippen molar-refractivity contribution >= 4 is 39.1 Å². The van der Waals surface area contributed by atoms with Gasteiger partial charge < -0.3 is 10.2 Å². The van der Waals surface area contributed by atoms with Crippen LogP contribution in [0, 0.1) is 5.92 Å². The zero-order valence-corrected chi connectivity index (χ0v) is 15.0. The van der Waals surface area contributed by atoms with Crippen molar-refractivity contribution in [3.63, 3.8) is 0 Å². The van der Waals surface area contributed by atoms with Gasteiger partial charge in [0.2, 0.25) is 0 Å². The highest BCUT2D eigenvalue weighted by Crippen LogP contribution is 2.24. The van der Waals surface area contributed by atoms with Gasteiger partial charge in [-0.05, 0) is 42.7 Å². The second kappa shape index (κ2) is 7.37. The summed E-state index contributed by atoms with van der Waals surface area (Å²) in [5.74, 6) is 0.347. The molecule has 1 unspecified atom stereocenters. The van der Waals surface area contributed by atoms with Gasteiger partial charge in [-0.15, -0.1) is 0 Å². The predicted octanol–water partition coefficient (Wildman–Crippen LogP) is 4.36. The Labute approximate surface area is 149 Å². The highest BCUT2D eigenvalue weighted by molar-refractivity contribution is 9.10. The number of carbonyl (C=O) groups is 1. The fourth-order valence-electron chi connectivity index (χ4n) is 2.88. The Morgan fingerprint density at radius 2 is 2.04 bits per heavy atom. The lowest BCUT2D eigenvalue weighted by atomic mass is 10.1. The molecule has 1 atom stereocenters. The van der Waals surface area contributed by atoms with Crippen molar-refractivity contribution < 1.29 is 4.79 Å². The molecule has 0 spiro atoms.